The number of carbonyl (C=O) groups excluding carboxylic acids is 2. The summed E-state index contributed by atoms with van der Waals surface area (Å²) < 4.78 is 0. The van der Waals surface area contributed by atoms with Crippen LogP contribution in [-0.4, -0.2) is 25.4 Å². The van der Waals surface area contributed by atoms with Crippen LogP contribution < -0.4 is 10.6 Å². The Balaban J connectivity index is 3.67. The van der Waals surface area contributed by atoms with Crippen molar-refractivity contribution in [3.63, 3.8) is 0 Å². The lowest BCUT2D eigenvalue weighted by Gasteiger charge is -2.17. The van der Waals surface area contributed by atoms with Crippen LogP contribution >= 0.6 is 0 Å². The van der Waals surface area contributed by atoms with Gasteiger partial charge in [-0.2, -0.15) is 0 Å². The van der Waals surface area contributed by atoms with Gasteiger partial charge in [0.25, 0.3) is 0 Å². The van der Waals surface area contributed by atoms with Crippen LogP contribution in [0.3, 0.4) is 0 Å². The first kappa shape index (κ1) is 11.9. The van der Waals surface area contributed by atoms with Crippen LogP contribution in [0.5, 0.6) is 0 Å². The van der Waals surface area contributed by atoms with Gasteiger partial charge < -0.3 is 10.6 Å². The highest BCUT2D eigenvalue weighted by atomic mass is 16.2. The maximum atomic E-state index is 11.3. The summed E-state index contributed by atoms with van der Waals surface area (Å²) in [5.74, 6) is -0.0920. The van der Waals surface area contributed by atoms with Crippen molar-refractivity contribution in [1.29, 1.82) is 0 Å². The molecule has 0 aromatic carbocycles. The van der Waals surface area contributed by atoms with E-state index in [1.165, 1.54) is 0 Å². The van der Waals surface area contributed by atoms with Crippen molar-refractivity contribution < 1.29 is 9.59 Å². The van der Waals surface area contributed by atoms with Crippen LogP contribution in [0.4, 0.5) is 0 Å². The molecule has 0 saturated carbocycles. The number of hydrogen-bond acceptors (Lipinski definition) is 2. The van der Waals surface area contributed by atoms with E-state index >= 15 is 0 Å². The van der Waals surface area contributed by atoms with E-state index in [1.807, 2.05) is 20.8 Å². The summed E-state index contributed by atoms with van der Waals surface area (Å²) in [7, 11) is 1.58. The molecule has 13 heavy (non-hydrogen) atoms. The number of nitrogens with one attached hydrogen (secondary N) is 2. The highest BCUT2D eigenvalue weighted by molar-refractivity contribution is 5.82. The molecular formula is C9H18N2O2. The van der Waals surface area contributed by atoms with Gasteiger partial charge >= 0.3 is 0 Å². The fourth-order valence-electron chi connectivity index (χ4n) is 0.680. The standard InChI is InChI=1S/C9H18N2O2/c1-9(2,3)8(13)11-6-5-7(12)10-4/h5-6H2,1-4H3,(H,10,12)(H,11,13). The monoisotopic (exact) mass is 186 g/mol. The van der Waals surface area contributed by atoms with Gasteiger partial charge in [0.15, 0.2) is 0 Å². The minimum absolute atomic E-state index is 0.0311. The van der Waals surface area contributed by atoms with Crippen molar-refractivity contribution in [1.82, 2.24) is 10.6 Å². The highest BCUT2D eigenvalue weighted by Gasteiger charge is 2.20. The number of amides is 2. The van der Waals surface area contributed by atoms with Gasteiger partial charge in [-0.3, -0.25) is 9.59 Å². The average molecular weight is 186 g/mol. The quantitative estimate of drug-likeness (QED) is 0.665. The zero-order valence-electron chi connectivity index (χ0n) is 8.73. The summed E-state index contributed by atoms with van der Waals surface area (Å²) in [6.07, 6.45) is 0.332. The first-order chi connectivity index (χ1) is 5.88. The predicted molar refractivity (Wildman–Crippen MR) is 51.1 cm³/mol. The summed E-state index contributed by atoms with van der Waals surface area (Å²) in [6.45, 7) is 5.91. The molecule has 4 heteroatoms. The first-order valence-corrected chi connectivity index (χ1v) is 4.37. The highest BCUT2D eigenvalue weighted by Crippen LogP contribution is 2.11. The van der Waals surface area contributed by atoms with Gasteiger partial charge in [0.05, 0.1) is 0 Å². The van der Waals surface area contributed by atoms with E-state index < -0.39 is 0 Å². The molecule has 0 heterocycles. The molecule has 2 N–H and O–H groups in total. The fourth-order valence-corrected chi connectivity index (χ4v) is 0.680. The molecule has 0 aliphatic rings. The Morgan fingerprint density at radius 3 is 2.15 bits per heavy atom. The second kappa shape index (κ2) is 4.84. The molecule has 0 radical (unpaired) electrons. The normalized spacial score (nSPS) is 10.8. The van der Waals surface area contributed by atoms with E-state index in [0.29, 0.717) is 13.0 Å². The summed E-state index contributed by atoms with van der Waals surface area (Å²) in [4.78, 5) is 22.1. The van der Waals surface area contributed by atoms with Crippen molar-refractivity contribution in [3.05, 3.63) is 0 Å². The lowest BCUT2D eigenvalue weighted by atomic mass is 9.96. The van der Waals surface area contributed by atoms with Crippen LogP contribution in [0, 0.1) is 5.41 Å². The molecule has 0 unspecified atom stereocenters. The molecule has 0 aromatic heterocycles. The number of rotatable bonds is 3. The van der Waals surface area contributed by atoms with Crippen molar-refractivity contribution in [2.45, 2.75) is 27.2 Å². The Hall–Kier alpha value is -1.06. The second-order valence-electron chi connectivity index (χ2n) is 3.93. The molecule has 0 bridgehead atoms. The summed E-state index contributed by atoms with van der Waals surface area (Å²) in [5, 5.41) is 5.18. The zero-order valence-corrected chi connectivity index (χ0v) is 8.73. The molecular weight excluding hydrogens is 168 g/mol. The Kier molecular flexibility index (Phi) is 4.45. The van der Waals surface area contributed by atoms with Gasteiger partial charge in [-0.15, -0.1) is 0 Å². The zero-order chi connectivity index (χ0) is 10.5. The molecule has 0 aliphatic heterocycles. The van der Waals surface area contributed by atoms with Crippen LogP contribution in [0.2, 0.25) is 0 Å². The maximum Gasteiger partial charge on any atom is 0.225 e. The van der Waals surface area contributed by atoms with E-state index in [4.69, 9.17) is 0 Å². The lowest BCUT2D eigenvalue weighted by molar-refractivity contribution is -0.128. The third-order valence-electron chi connectivity index (χ3n) is 1.60. The Labute approximate surface area is 79.1 Å². The SMILES string of the molecule is CNC(=O)CCNC(=O)C(C)(C)C. The molecule has 2 amide bonds. The van der Waals surface area contributed by atoms with Crippen molar-refractivity contribution in [3.8, 4) is 0 Å². The molecule has 0 atom stereocenters. The lowest BCUT2D eigenvalue weighted by Crippen LogP contribution is -2.36. The smallest absolute Gasteiger partial charge is 0.225 e. The van der Waals surface area contributed by atoms with Crippen LogP contribution in [0.1, 0.15) is 27.2 Å². The third kappa shape index (κ3) is 5.22. The third-order valence-corrected chi connectivity index (χ3v) is 1.60. The summed E-state index contributed by atoms with van der Waals surface area (Å²) in [6, 6.07) is 0. The molecule has 4 nitrogen and oxygen atoms in total. The van der Waals surface area contributed by atoms with Gasteiger partial charge in [-0.05, 0) is 0 Å². The average Bonchev–Trinajstić information content (AvgIpc) is 2.02. The predicted octanol–water partition coefficient (Wildman–Crippen LogP) is 0.285. The second-order valence-corrected chi connectivity index (χ2v) is 3.93. The van der Waals surface area contributed by atoms with E-state index in [0.717, 1.165) is 0 Å². The molecule has 0 fully saturated rings. The van der Waals surface area contributed by atoms with E-state index in [2.05, 4.69) is 10.6 Å². The molecule has 76 valence electrons. The maximum absolute atomic E-state index is 11.3. The van der Waals surface area contributed by atoms with E-state index in [9.17, 15) is 9.59 Å². The Morgan fingerprint density at radius 1 is 1.23 bits per heavy atom. The van der Waals surface area contributed by atoms with Crippen LogP contribution in [0.25, 0.3) is 0 Å². The fraction of sp³-hybridized carbons (Fsp3) is 0.778. The Morgan fingerprint density at radius 2 is 1.77 bits per heavy atom. The van der Waals surface area contributed by atoms with Gasteiger partial charge in [-0.25, -0.2) is 0 Å². The van der Waals surface area contributed by atoms with Crippen molar-refractivity contribution in [2.75, 3.05) is 13.6 Å². The van der Waals surface area contributed by atoms with E-state index in [1.54, 1.807) is 7.05 Å². The molecule has 0 aromatic rings. The molecule has 0 rings (SSSR count). The number of hydrogen-bond donors (Lipinski definition) is 2. The van der Waals surface area contributed by atoms with Crippen molar-refractivity contribution in [2.24, 2.45) is 5.41 Å². The molecule has 0 aliphatic carbocycles. The van der Waals surface area contributed by atoms with Crippen LogP contribution in [-0.2, 0) is 9.59 Å². The number of carbonyl (C=O) groups is 2. The van der Waals surface area contributed by atoms with Gasteiger partial charge in [0, 0.05) is 25.4 Å². The van der Waals surface area contributed by atoms with Gasteiger partial charge in [-0.1, -0.05) is 20.8 Å². The van der Waals surface area contributed by atoms with Crippen molar-refractivity contribution >= 4 is 11.8 Å². The Bertz CT molecular complexity index is 194. The van der Waals surface area contributed by atoms with E-state index in [-0.39, 0.29) is 17.2 Å². The first-order valence-electron chi connectivity index (χ1n) is 4.37. The summed E-state index contributed by atoms with van der Waals surface area (Å²) >= 11 is 0. The van der Waals surface area contributed by atoms with Gasteiger partial charge in [0.2, 0.25) is 11.8 Å². The summed E-state index contributed by atoms with van der Waals surface area (Å²) in [5.41, 5.74) is -0.386. The topological polar surface area (TPSA) is 58.2 Å². The van der Waals surface area contributed by atoms with Crippen LogP contribution in [0.15, 0.2) is 0 Å². The molecule has 0 saturated heterocycles. The molecule has 0 spiro atoms. The largest absolute Gasteiger partial charge is 0.359 e. The van der Waals surface area contributed by atoms with Gasteiger partial charge in [0.1, 0.15) is 0 Å². The minimum Gasteiger partial charge on any atom is -0.359 e. The minimum atomic E-state index is -0.386.